The lowest BCUT2D eigenvalue weighted by Gasteiger charge is -2.34. The zero-order chi connectivity index (χ0) is 13.8. The zero-order valence-electron chi connectivity index (χ0n) is 11.8. The number of likely N-dealkylation sites (tertiary alicyclic amines) is 1. The molecule has 1 aliphatic heterocycles. The molecule has 1 unspecified atom stereocenters. The Bertz CT molecular complexity index is 442. The predicted molar refractivity (Wildman–Crippen MR) is 72.8 cm³/mol. The summed E-state index contributed by atoms with van der Waals surface area (Å²) in [6, 6.07) is 2.03. The number of aromatic nitrogens is 2. The van der Waals surface area contributed by atoms with Crippen LogP contribution in [0.4, 0.5) is 0 Å². The minimum Gasteiger partial charge on any atom is -0.394 e. The number of aliphatic hydroxyl groups is 1. The minimum absolute atomic E-state index is 0.0155. The number of aliphatic hydroxyl groups excluding tert-OH is 1. The molecule has 1 fully saturated rings. The van der Waals surface area contributed by atoms with E-state index in [1.165, 1.54) is 0 Å². The molecular weight excluding hydrogens is 242 g/mol. The van der Waals surface area contributed by atoms with Crippen LogP contribution in [0, 0.1) is 13.8 Å². The second-order valence-corrected chi connectivity index (χ2v) is 5.32. The van der Waals surface area contributed by atoms with Gasteiger partial charge in [0.2, 0.25) is 5.91 Å². The summed E-state index contributed by atoms with van der Waals surface area (Å²) in [5, 5.41) is 13.7. The molecule has 106 valence electrons. The number of carbonyl (C=O) groups is 1. The van der Waals surface area contributed by atoms with E-state index in [0.717, 1.165) is 37.2 Å². The summed E-state index contributed by atoms with van der Waals surface area (Å²) >= 11 is 0. The molecule has 0 spiro atoms. The minimum atomic E-state index is 0.0155. The molecule has 1 amide bonds. The van der Waals surface area contributed by atoms with E-state index in [1.807, 2.05) is 29.5 Å². The van der Waals surface area contributed by atoms with Gasteiger partial charge in [0.15, 0.2) is 0 Å². The van der Waals surface area contributed by atoms with E-state index in [0.29, 0.717) is 13.0 Å². The quantitative estimate of drug-likeness (QED) is 0.891. The summed E-state index contributed by atoms with van der Waals surface area (Å²) in [5.74, 6) is 0.131. The van der Waals surface area contributed by atoms with Crippen molar-refractivity contribution in [1.82, 2.24) is 14.7 Å². The number of hydrogen-bond acceptors (Lipinski definition) is 3. The summed E-state index contributed by atoms with van der Waals surface area (Å²) < 4.78 is 1.88. The van der Waals surface area contributed by atoms with Crippen molar-refractivity contribution in [2.75, 3.05) is 13.2 Å². The number of aryl methyl sites for hydroxylation is 3. The molecule has 1 saturated heterocycles. The predicted octanol–water partition coefficient (Wildman–Crippen LogP) is 1.26. The molecule has 1 N–H and O–H groups in total. The average molecular weight is 265 g/mol. The molecule has 2 heterocycles. The molecular formula is C14H23N3O2. The summed E-state index contributed by atoms with van der Waals surface area (Å²) in [7, 11) is 0. The highest BCUT2D eigenvalue weighted by Gasteiger charge is 2.25. The summed E-state index contributed by atoms with van der Waals surface area (Å²) in [6.07, 6.45) is 3.52. The topological polar surface area (TPSA) is 58.4 Å². The van der Waals surface area contributed by atoms with Crippen LogP contribution in [-0.2, 0) is 11.3 Å². The number of nitrogens with zero attached hydrogens (tertiary/aromatic N) is 3. The molecule has 1 aromatic heterocycles. The second kappa shape index (κ2) is 6.19. The van der Waals surface area contributed by atoms with Crippen LogP contribution in [0.3, 0.4) is 0 Å². The van der Waals surface area contributed by atoms with Gasteiger partial charge in [-0.25, -0.2) is 0 Å². The van der Waals surface area contributed by atoms with Crippen molar-refractivity contribution in [3.63, 3.8) is 0 Å². The highest BCUT2D eigenvalue weighted by atomic mass is 16.3. The van der Waals surface area contributed by atoms with Gasteiger partial charge >= 0.3 is 0 Å². The summed E-state index contributed by atoms with van der Waals surface area (Å²) in [6.45, 7) is 5.43. The van der Waals surface area contributed by atoms with Crippen LogP contribution in [0.25, 0.3) is 0 Å². The van der Waals surface area contributed by atoms with Gasteiger partial charge in [-0.1, -0.05) is 0 Å². The fraction of sp³-hybridized carbons (Fsp3) is 0.714. The van der Waals surface area contributed by atoms with Gasteiger partial charge in [0, 0.05) is 25.2 Å². The van der Waals surface area contributed by atoms with Crippen LogP contribution in [-0.4, -0.2) is 44.9 Å². The Kier molecular flexibility index (Phi) is 4.58. The molecule has 1 aromatic rings. The van der Waals surface area contributed by atoms with Crippen molar-refractivity contribution in [3.05, 3.63) is 17.5 Å². The Morgan fingerprint density at radius 2 is 2.26 bits per heavy atom. The number of amides is 1. The summed E-state index contributed by atoms with van der Waals surface area (Å²) in [4.78, 5) is 14.1. The van der Waals surface area contributed by atoms with Gasteiger partial charge in [-0.3, -0.25) is 9.48 Å². The van der Waals surface area contributed by atoms with Crippen molar-refractivity contribution < 1.29 is 9.90 Å². The fourth-order valence-electron chi connectivity index (χ4n) is 2.77. The molecule has 2 rings (SSSR count). The van der Waals surface area contributed by atoms with Gasteiger partial charge < -0.3 is 10.0 Å². The van der Waals surface area contributed by atoms with Crippen LogP contribution in [0.5, 0.6) is 0 Å². The first kappa shape index (κ1) is 14.1. The lowest BCUT2D eigenvalue weighted by atomic mass is 10.0. The Hall–Kier alpha value is -1.36. The van der Waals surface area contributed by atoms with Gasteiger partial charge in [0.1, 0.15) is 0 Å². The first-order chi connectivity index (χ1) is 9.11. The van der Waals surface area contributed by atoms with Gasteiger partial charge in [0.25, 0.3) is 0 Å². The summed E-state index contributed by atoms with van der Waals surface area (Å²) in [5.41, 5.74) is 2.07. The molecule has 0 saturated carbocycles. The van der Waals surface area contributed by atoms with Crippen LogP contribution >= 0.6 is 0 Å². The average Bonchev–Trinajstić information content (AvgIpc) is 2.74. The molecule has 19 heavy (non-hydrogen) atoms. The van der Waals surface area contributed by atoms with Gasteiger partial charge in [-0.2, -0.15) is 5.10 Å². The SMILES string of the molecule is Cc1cc(C)n(CCC(=O)N2CCCCC2CO)n1. The molecule has 0 aromatic carbocycles. The van der Waals surface area contributed by atoms with E-state index in [2.05, 4.69) is 5.10 Å². The van der Waals surface area contributed by atoms with Gasteiger partial charge in [-0.05, 0) is 39.2 Å². The van der Waals surface area contributed by atoms with Crippen LogP contribution in [0.15, 0.2) is 6.07 Å². The highest BCUT2D eigenvalue weighted by molar-refractivity contribution is 5.76. The standard InChI is InChI=1S/C14H23N3O2/c1-11-9-12(2)17(15-11)8-6-14(19)16-7-4-3-5-13(16)10-18/h9,13,18H,3-8,10H2,1-2H3. The zero-order valence-corrected chi connectivity index (χ0v) is 11.8. The number of carbonyl (C=O) groups excluding carboxylic acids is 1. The van der Waals surface area contributed by atoms with Crippen LogP contribution in [0.1, 0.15) is 37.1 Å². The van der Waals surface area contributed by atoms with E-state index in [1.54, 1.807) is 0 Å². The van der Waals surface area contributed by atoms with E-state index in [9.17, 15) is 9.90 Å². The monoisotopic (exact) mass is 265 g/mol. The molecule has 0 radical (unpaired) electrons. The van der Waals surface area contributed by atoms with Crippen molar-refractivity contribution in [3.8, 4) is 0 Å². The lowest BCUT2D eigenvalue weighted by molar-refractivity contribution is -0.136. The van der Waals surface area contributed by atoms with Crippen LogP contribution < -0.4 is 0 Å². The Balaban J connectivity index is 1.91. The molecule has 0 bridgehead atoms. The maximum absolute atomic E-state index is 12.2. The fourth-order valence-corrected chi connectivity index (χ4v) is 2.77. The molecule has 5 nitrogen and oxygen atoms in total. The van der Waals surface area contributed by atoms with E-state index in [-0.39, 0.29) is 18.6 Å². The second-order valence-electron chi connectivity index (χ2n) is 5.32. The van der Waals surface area contributed by atoms with Gasteiger partial charge in [-0.15, -0.1) is 0 Å². The Morgan fingerprint density at radius 3 is 2.89 bits per heavy atom. The van der Waals surface area contributed by atoms with Crippen molar-refractivity contribution >= 4 is 5.91 Å². The molecule has 0 aliphatic carbocycles. The van der Waals surface area contributed by atoms with Crippen molar-refractivity contribution in [2.24, 2.45) is 0 Å². The normalized spacial score (nSPS) is 19.7. The number of hydrogen-bond donors (Lipinski definition) is 1. The van der Waals surface area contributed by atoms with Crippen molar-refractivity contribution in [2.45, 2.75) is 52.1 Å². The van der Waals surface area contributed by atoms with E-state index >= 15 is 0 Å². The molecule has 1 atom stereocenters. The Morgan fingerprint density at radius 1 is 1.47 bits per heavy atom. The highest BCUT2D eigenvalue weighted by Crippen LogP contribution is 2.17. The van der Waals surface area contributed by atoms with Crippen LogP contribution in [0.2, 0.25) is 0 Å². The molecule has 5 heteroatoms. The number of rotatable bonds is 4. The molecule has 1 aliphatic rings. The lowest BCUT2D eigenvalue weighted by Crippen LogP contribution is -2.45. The maximum Gasteiger partial charge on any atom is 0.224 e. The first-order valence-corrected chi connectivity index (χ1v) is 7.03. The first-order valence-electron chi connectivity index (χ1n) is 7.03. The third kappa shape index (κ3) is 3.35. The van der Waals surface area contributed by atoms with Gasteiger partial charge in [0.05, 0.1) is 18.3 Å². The number of piperidine rings is 1. The largest absolute Gasteiger partial charge is 0.394 e. The maximum atomic E-state index is 12.2. The Labute approximate surface area is 114 Å². The van der Waals surface area contributed by atoms with E-state index < -0.39 is 0 Å². The van der Waals surface area contributed by atoms with E-state index in [4.69, 9.17) is 0 Å². The third-order valence-electron chi connectivity index (χ3n) is 3.80. The smallest absolute Gasteiger partial charge is 0.224 e. The van der Waals surface area contributed by atoms with Crippen molar-refractivity contribution in [1.29, 1.82) is 0 Å². The third-order valence-corrected chi connectivity index (χ3v) is 3.80.